The van der Waals surface area contributed by atoms with Crippen LogP contribution in [0.1, 0.15) is 21.8 Å². The Bertz CT molecular complexity index is 709. The summed E-state index contributed by atoms with van der Waals surface area (Å²) in [6.45, 7) is 0. The summed E-state index contributed by atoms with van der Waals surface area (Å²) in [5.41, 5.74) is -0.410. The second-order valence-electron chi connectivity index (χ2n) is 4.05. The fourth-order valence-electron chi connectivity index (χ4n) is 1.83. The Kier molecular flexibility index (Phi) is 4.11. The number of Topliss-reactive ketones (excluding diaryl/α,β-unsaturated/α-hetero) is 1. The number of nitrogens with zero attached hydrogens (tertiary/aromatic N) is 1. The van der Waals surface area contributed by atoms with E-state index >= 15 is 0 Å². The molecule has 0 saturated heterocycles. The van der Waals surface area contributed by atoms with Crippen LogP contribution in [0.4, 0.5) is 8.78 Å². The summed E-state index contributed by atoms with van der Waals surface area (Å²) in [5, 5.41) is 8.88. The van der Waals surface area contributed by atoms with Gasteiger partial charge in [-0.2, -0.15) is 5.26 Å². The topological polar surface area (TPSA) is 40.9 Å². The Morgan fingerprint density at radius 3 is 2.50 bits per heavy atom. The number of hydrogen-bond donors (Lipinski definition) is 0. The summed E-state index contributed by atoms with van der Waals surface area (Å²) in [6.07, 6.45) is 0. The number of halogens is 3. The average molecular weight is 292 g/mol. The number of carbonyl (C=O) groups excluding carboxylic acids is 1. The van der Waals surface area contributed by atoms with Gasteiger partial charge in [0.05, 0.1) is 16.7 Å². The maximum atomic E-state index is 13.8. The van der Waals surface area contributed by atoms with Crippen molar-refractivity contribution in [3.05, 3.63) is 70.2 Å². The zero-order chi connectivity index (χ0) is 14.7. The number of rotatable bonds is 3. The molecule has 2 nitrogen and oxygen atoms in total. The molecule has 0 aliphatic rings. The summed E-state index contributed by atoms with van der Waals surface area (Å²) < 4.78 is 27.5. The largest absolute Gasteiger partial charge is 0.292 e. The maximum Gasteiger partial charge on any atom is 0.187 e. The lowest BCUT2D eigenvalue weighted by molar-refractivity contribution is 0.0973. The first-order valence-electron chi connectivity index (χ1n) is 5.68. The summed E-state index contributed by atoms with van der Waals surface area (Å²) in [5.74, 6) is -3.83. The van der Waals surface area contributed by atoms with Crippen LogP contribution in [-0.2, 0) is 0 Å². The minimum atomic E-state index is -1.41. The van der Waals surface area contributed by atoms with Gasteiger partial charge >= 0.3 is 0 Å². The summed E-state index contributed by atoms with van der Waals surface area (Å²) in [7, 11) is 0. The molecule has 1 atom stereocenters. The van der Waals surface area contributed by atoms with Crippen LogP contribution in [0.3, 0.4) is 0 Å². The van der Waals surface area contributed by atoms with Gasteiger partial charge in [-0.25, -0.2) is 8.78 Å². The number of benzene rings is 2. The fraction of sp³-hybridized carbons (Fsp3) is 0.0667. The molecule has 0 saturated carbocycles. The second kappa shape index (κ2) is 5.81. The van der Waals surface area contributed by atoms with Gasteiger partial charge in [0.1, 0.15) is 11.7 Å². The van der Waals surface area contributed by atoms with Crippen molar-refractivity contribution in [2.75, 3.05) is 0 Å². The lowest BCUT2D eigenvalue weighted by atomic mass is 9.91. The van der Waals surface area contributed by atoms with Crippen molar-refractivity contribution in [3.8, 4) is 6.07 Å². The highest BCUT2D eigenvalue weighted by Crippen LogP contribution is 2.26. The molecule has 0 fully saturated rings. The summed E-state index contributed by atoms with van der Waals surface area (Å²) in [6, 6.07) is 11.0. The van der Waals surface area contributed by atoms with Crippen molar-refractivity contribution in [2.24, 2.45) is 0 Å². The van der Waals surface area contributed by atoms with Crippen LogP contribution in [-0.4, -0.2) is 5.78 Å². The van der Waals surface area contributed by atoms with Gasteiger partial charge in [0.2, 0.25) is 0 Å². The lowest BCUT2D eigenvalue weighted by Gasteiger charge is -2.10. The van der Waals surface area contributed by atoms with Crippen LogP contribution in [0.5, 0.6) is 0 Å². The first kappa shape index (κ1) is 14.2. The Labute approximate surface area is 119 Å². The lowest BCUT2D eigenvalue weighted by Crippen LogP contribution is -2.14. The molecule has 100 valence electrons. The highest BCUT2D eigenvalue weighted by molar-refractivity contribution is 6.31. The van der Waals surface area contributed by atoms with Crippen molar-refractivity contribution in [3.63, 3.8) is 0 Å². The van der Waals surface area contributed by atoms with E-state index in [1.165, 1.54) is 36.4 Å². The third-order valence-corrected chi connectivity index (χ3v) is 3.12. The van der Waals surface area contributed by atoms with Gasteiger partial charge in [0.15, 0.2) is 11.6 Å². The molecule has 0 heterocycles. The van der Waals surface area contributed by atoms with E-state index in [1.807, 2.05) is 0 Å². The Hall–Kier alpha value is -2.25. The SMILES string of the molecule is N#CC(C(=O)c1cccc(Cl)c1F)c1ccccc1F. The predicted octanol–water partition coefficient (Wildman–Crippen LogP) is 4.11. The molecular weight excluding hydrogens is 284 g/mol. The quantitative estimate of drug-likeness (QED) is 0.799. The van der Waals surface area contributed by atoms with E-state index in [4.69, 9.17) is 16.9 Å². The van der Waals surface area contributed by atoms with Gasteiger partial charge < -0.3 is 0 Å². The molecule has 0 aliphatic carbocycles. The molecule has 2 aromatic rings. The molecule has 0 aromatic heterocycles. The summed E-state index contributed by atoms with van der Waals surface area (Å²) >= 11 is 5.60. The van der Waals surface area contributed by atoms with Crippen LogP contribution in [0.15, 0.2) is 42.5 Å². The minimum absolute atomic E-state index is 0.0839. The Morgan fingerprint density at radius 1 is 1.15 bits per heavy atom. The van der Waals surface area contributed by atoms with Crippen LogP contribution < -0.4 is 0 Å². The molecule has 0 radical (unpaired) electrons. The number of nitriles is 1. The molecule has 0 bridgehead atoms. The van der Waals surface area contributed by atoms with Crippen LogP contribution in [0.2, 0.25) is 5.02 Å². The zero-order valence-corrected chi connectivity index (χ0v) is 10.9. The Balaban J connectivity index is 2.49. The third kappa shape index (κ3) is 2.54. The number of hydrogen-bond acceptors (Lipinski definition) is 2. The van der Waals surface area contributed by atoms with Gasteiger partial charge in [-0.3, -0.25) is 4.79 Å². The van der Waals surface area contributed by atoms with E-state index in [0.29, 0.717) is 0 Å². The third-order valence-electron chi connectivity index (χ3n) is 2.82. The summed E-state index contributed by atoms with van der Waals surface area (Å²) in [4.78, 5) is 12.2. The van der Waals surface area contributed by atoms with Gasteiger partial charge in [-0.1, -0.05) is 35.9 Å². The monoisotopic (exact) mass is 291 g/mol. The van der Waals surface area contributed by atoms with Crippen molar-refractivity contribution in [2.45, 2.75) is 5.92 Å². The average Bonchev–Trinajstić information content (AvgIpc) is 2.44. The molecule has 20 heavy (non-hydrogen) atoms. The molecule has 1 unspecified atom stereocenters. The maximum absolute atomic E-state index is 13.8. The predicted molar refractivity (Wildman–Crippen MR) is 70.5 cm³/mol. The molecule has 0 N–H and O–H groups in total. The molecule has 0 spiro atoms. The molecule has 0 aliphatic heterocycles. The van der Waals surface area contributed by atoms with E-state index in [2.05, 4.69) is 0 Å². The van der Waals surface area contributed by atoms with Gasteiger partial charge in [-0.15, -0.1) is 0 Å². The number of carbonyl (C=O) groups is 1. The molecular formula is C15H8ClF2NO. The first-order valence-corrected chi connectivity index (χ1v) is 6.06. The highest BCUT2D eigenvalue weighted by Gasteiger charge is 2.27. The standard InChI is InChI=1S/C15H8ClF2NO/c16-12-6-3-5-10(14(12)18)15(20)11(8-19)9-4-1-2-7-13(9)17/h1-7,11H. The van der Waals surface area contributed by atoms with Crippen molar-refractivity contribution >= 4 is 17.4 Å². The number of ketones is 1. The van der Waals surface area contributed by atoms with Gasteiger partial charge in [-0.05, 0) is 18.2 Å². The second-order valence-corrected chi connectivity index (χ2v) is 4.46. The highest BCUT2D eigenvalue weighted by atomic mass is 35.5. The van der Waals surface area contributed by atoms with Gasteiger partial charge in [0.25, 0.3) is 0 Å². The van der Waals surface area contributed by atoms with Crippen LogP contribution in [0.25, 0.3) is 0 Å². The van der Waals surface area contributed by atoms with E-state index < -0.39 is 23.3 Å². The van der Waals surface area contributed by atoms with Crippen molar-refractivity contribution in [1.29, 1.82) is 5.26 Å². The van der Waals surface area contributed by atoms with Crippen molar-refractivity contribution < 1.29 is 13.6 Å². The molecule has 2 aromatic carbocycles. The molecule has 5 heteroatoms. The van der Waals surface area contributed by atoms with Crippen LogP contribution >= 0.6 is 11.6 Å². The van der Waals surface area contributed by atoms with E-state index in [-0.39, 0.29) is 16.1 Å². The van der Waals surface area contributed by atoms with E-state index in [9.17, 15) is 13.6 Å². The van der Waals surface area contributed by atoms with E-state index in [1.54, 1.807) is 6.07 Å². The normalized spacial score (nSPS) is 11.7. The van der Waals surface area contributed by atoms with Gasteiger partial charge in [0, 0.05) is 5.56 Å². The Morgan fingerprint density at radius 2 is 1.85 bits per heavy atom. The fourth-order valence-corrected chi connectivity index (χ4v) is 2.00. The smallest absolute Gasteiger partial charge is 0.187 e. The molecule has 2 rings (SSSR count). The molecule has 0 amide bonds. The van der Waals surface area contributed by atoms with Crippen molar-refractivity contribution in [1.82, 2.24) is 0 Å². The van der Waals surface area contributed by atoms with E-state index in [0.717, 1.165) is 6.07 Å². The minimum Gasteiger partial charge on any atom is -0.292 e. The zero-order valence-electron chi connectivity index (χ0n) is 10.1. The first-order chi connectivity index (χ1) is 9.56. The van der Waals surface area contributed by atoms with Crippen LogP contribution in [0, 0.1) is 23.0 Å².